The van der Waals surface area contributed by atoms with Gasteiger partial charge in [0.25, 0.3) is 0 Å². The van der Waals surface area contributed by atoms with Crippen LogP contribution in [0, 0.1) is 0 Å². The maximum absolute atomic E-state index is 7.25. The molecule has 0 aromatic heterocycles. The van der Waals surface area contributed by atoms with Gasteiger partial charge in [0.15, 0.2) is 0 Å². The summed E-state index contributed by atoms with van der Waals surface area (Å²) in [5.41, 5.74) is 7.76. The van der Waals surface area contributed by atoms with Crippen LogP contribution in [0.1, 0.15) is 0 Å². The summed E-state index contributed by atoms with van der Waals surface area (Å²) in [5.74, 6) is 0. The maximum atomic E-state index is 7.25. The molecule has 47 valence electrons. The molecule has 0 aliphatic heterocycles. The van der Waals surface area contributed by atoms with Crippen molar-refractivity contribution in [1.29, 1.82) is 0 Å². The zero-order valence-electron chi connectivity index (χ0n) is 4.49. The second-order valence-corrected chi connectivity index (χ2v) is 3.39. The quantitative estimate of drug-likeness (QED) is 0.675. The average Bonchev–Trinajstić information content (AvgIpc) is 1.80. The fourth-order valence-electron chi connectivity index (χ4n) is 0.489. The van der Waals surface area contributed by atoms with Crippen molar-refractivity contribution in [2.24, 2.45) is 0 Å². The molecule has 0 bridgehead atoms. The smallest absolute Gasteiger partial charge is 0.0682 e. The molecular formula is C6H4Br2N. The molecule has 0 saturated heterocycles. The Bertz CT molecular complexity index is 222. The predicted molar refractivity (Wildman–Crippen MR) is 44.6 cm³/mol. The minimum Gasteiger partial charge on any atom is -0.300 e. The minimum atomic E-state index is 0.512. The molecule has 1 nitrogen and oxygen atoms in total. The van der Waals surface area contributed by atoms with Crippen LogP contribution in [0.5, 0.6) is 0 Å². The highest BCUT2D eigenvalue weighted by atomic mass is 79.9. The van der Waals surface area contributed by atoms with Crippen LogP contribution in [-0.4, -0.2) is 0 Å². The first-order valence-corrected chi connectivity index (χ1v) is 3.95. The first-order chi connectivity index (χ1) is 4.20. The Labute approximate surface area is 70.5 Å². The minimum absolute atomic E-state index is 0.512. The molecule has 0 heterocycles. The normalized spacial score (nSPS) is 9.56. The molecule has 1 aromatic carbocycles. The van der Waals surface area contributed by atoms with Gasteiger partial charge in [-0.05, 0) is 34.1 Å². The van der Waals surface area contributed by atoms with E-state index in [-0.39, 0.29) is 0 Å². The van der Waals surface area contributed by atoms with Gasteiger partial charge in [-0.1, -0.05) is 15.9 Å². The van der Waals surface area contributed by atoms with Crippen molar-refractivity contribution in [3.05, 3.63) is 27.1 Å². The summed E-state index contributed by atoms with van der Waals surface area (Å²) in [6.07, 6.45) is 0. The lowest BCUT2D eigenvalue weighted by atomic mass is 10.3. The fourth-order valence-corrected chi connectivity index (χ4v) is 1.54. The summed E-state index contributed by atoms with van der Waals surface area (Å²) >= 11 is 6.51. The Morgan fingerprint density at radius 1 is 1.22 bits per heavy atom. The van der Waals surface area contributed by atoms with Crippen LogP contribution in [0.3, 0.4) is 0 Å². The van der Waals surface area contributed by atoms with E-state index in [1.54, 1.807) is 6.07 Å². The summed E-state index contributed by atoms with van der Waals surface area (Å²) in [7, 11) is 0. The van der Waals surface area contributed by atoms with Crippen molar-refractivity contribution in [3.8, 4) is 0 Å². The molecule has 0 saturated carbocycles. The molecule has 0 unspecified atom stereocenters. The summed E-state index contributed by atoms with van der Waals surface area (Å²) in [5, 5.41) is 0. The monoisotopic (exact) mass is 248 g/mol. The van der Waals surface area contributed by atoms with Crippen LogP contribution in [-0.2, 0) is 0 Å². The summed E-state index contributed by atoms with van der Waals surface area (Å²) in [6.45, 7) is 0. The Hall–Kier alpha value is -0.0200. The zero-order chi connectivity index (χ0) is 6.85. The Kier molecular flexibility index (Phi) is 2.13. The maximum Gasteiger partial charge on any atom is 0.0682 e. The number of nitrogens with one attached hydrogen (secondary N) is 1. The van der Waals surface area contributed by atoms with E-state index < -0.39 is 0 Å². The van der Waals surface area contributed by atoms with Crippen LogP contribution < -0.4 is 5.73 Å². The molecule has 3 heteroatoms. The topological polar surface area (TPSA) is 23.8 Å². The van der Waals surface area contributed by atoms with Gasteiger partial charge >= 0.3 is 0 Å². The van der Waals surface area contributed by atoms with Crippen molar-refractivity contribution in [2.45, 2.75) is 0 Å². The first-order valence-electron chi connectivity index (χ1n) is 2.37. The summed E-state index contributed by atoms with van der Waals surface area (Å²) in [4.78, 5) is 0. The van der Waals surface area contributed by atoms with Gasteiger partial charge in [0.05, 0.1) is 5.69 Å². The molecule has 0 spiro atoms. The van der Waals surface area contributed by atoms with Crippen molar-refractivity contribution in [2.75, 3.05) is 0 Å². The van der Waals surface area contributed by atoms with Crippen LogP contribution in [0.25, 0.3) is 0 Å². The van der Waals surface area contributed by atoms with E-state index in [0.29, 0.717) is 5.69 Å². The molecule has 1 radical (unpaired) electrons. The number of halogens is 2. The Morgan fingerprint density at radius 3 is 2.33 bits per heavy atom. The van der Waals surface area contributed by atoms with E-state index in [2.05, 4.69) is 31.9 Å². The molecule has 0 fully saturated rings. The summed E-state index contributed by atoms with van der Waals surface area (Å²) < 4.78 is 1.81. The first kappa shape index (κ1) is 7.09. The predicted octanol–water partition coefficient (Wildman–Crippen LogP) is 3.13. The van der Waals surface area contributed by atoms with E-state index in [1.807, 2.05) is 12.1 Å². The zero-order valence-corrected chi connectivity index (χ0v) is 7.66. The van der Waals surface area contributed by atoms with E-state index >= 15 is 0 Å². The van der Waals surface area contributed by atoms with Gasteiger partial charge < -0.3 is 0 Å². The molecule has 1 aromatic rings. The van der Waals surface area contributed by atoms with E-state index in [0.717, 1.165) is 8.95 Å². The van der Waals surface area contributed by atoms with Crippen LogP contribution in [0.4, 0.5) is 5.69 Å². The molecule has 9 heavy (non-hydrogen) atoms. The third-order valence-corrected chi connectivity index (χ3v) is 2.08. The van der Waals surface area contributed by atoms with Gasteiger partial charge in [0.2, 0.25) is 0 Å². The standard InChI is InChI=1S/C6H4Br2N/c7-4-1-2-6(9)5(8)3-4/h1-3,9H. The van der Waals surface area contributed by atoms with Gasteiger partial charge in [-0.25, -0.2) is 0 Å². The lowest BCUT2D eigenvalue weighted by molar-refractivity contribution is 1.44. The molecular weight excluding hydrogens is 246 g/mol. The highest BCUT2D eigenvalue weighted by Gasteiger charge is 1.93. The van der Waals surface area contributed by atoms with Gasteiger partial charge in [-0.2, -0.15) is 0 Å². The average molecular weight is 250 g/mol. The van der Waals surface area contributed by atoms with E-state index in [1.165, 1.54) is 0 Å². The van der Waals surface area contributed by atoms with Crippen molar-refractivity contribution in [3.63, 3.8) is 0 Å². The lowest BCUT2D eigenvalue weighted by Crippen LogP contribution is -1.70. The highest BCUT2D eigenvalue weighted by molar-refractivity contribution is 9.11. The largest absolute Gasteiger partial charge is 0.300 e. The second-order valence-electron chi connectivity index (χ2n) is 1.62. The lowest BCUT2D eigenvalue weighted by Gasteiger charge is -1.94. The van der Waals surface area contributed by atoms with Gasteiger partial charge in [-0.3, -0.25) is 5.73 Å². The molecule has 0 atom stereocenters. The van der Waals surface area contributed by atoms with Gasteiger partial charge in [0.1, 0.15) is 0 Å². The van der Waals surface area contributed by atoms with E-state index in [9.17, 15) is 0 Å². The molecule has 0 aliphatic carbocycles. The van der Waals surface area contributed by atoms with Crippen LogP contribution in [0.15, 0.2) is 27.1 Å². The van der Waals surface area contributed by atoms with Crippen molar-refractivity contribution < 1.29 is 0 Å². The SMILES string of the molecule is [NH]c1ccc(Br)cc1Br. The second kappa shape index (κ2) is 2.71. The third-order valence-electron chi connectivity index (χ3n) is 0.931. The summed E-state index contributed by atoms with van der Waals surface area (Å²) in [6, 6.07) is 5.42. The highest BCUT2D eigenvalue weighted by Crippen LogP contribution is 2.24. The van der Waals surface area contributed by atoms with Gasteiger partial charge in [0, 0.05) is 8.95 Å². The molecule has 0 aliphatic rings. The van der Waals surface area contributed by atoms with Crippen molar-refractivity contribution >= 4 is 37.5 Å². The Morgan fingerprint density at radius 2 is 1.89 bits per heavy atom. The fraction of sp³-hybridized carbons (Fsp3) is 0. The Balaban J connectivity index is 3.17. The number of hydrogen-bond donors (Lipinski definition) is 0. The van der Waals surface area contributed by atoms with Gasteiger partial charge in [-0.15, -0.1) is 0 Å². The van der Waals surface area contributed by atoms with Crippen LogP contribution in [0.2, 0.25) is 0 Å². The number of hydrogen-bond acceptors (Lipinski definition) is 0. The number of rotatable bonds is 0. The molecule has 1 rings (SSSR count). The molecule has 1 N–H and O–H groups in total. The van der Waals surface area contributed by atoms with Crippen LogP contribution >= 0.6 is 31.9 Å². The van der Waals surface area contributed by atoms with E-state index in [4.69, 9.17) is 5.73 Å². The molecule has 0 amide bonds. The van der Waals surface area contributed by atoms with Crippen molar-refractivity contribution in [1.82, 2.24) is 5.73 Å². The number of benzene rings is 1. The third kappa shape index (κ3) is 1.69.